The lowest BCUT2D eigenvalue weighted by Gasteiger charge is -2.17. The van der Waals surface area contributed by atoms with E-state index in [-0.39, 0.29) is 6.04 Å². The second-order valence-corrected chi connectivity index (χ2v) is 3.92. The van der Waals surface area contributed by atoms with Gasteiger partial charge in [0.15, 0.2) is 11.5 Å². The lowest BCUT2D eigenvalue weighted by molar-refractivity contribution is 0.354. The van der Waals surface area contributed by atoms with Crippen LogP contribution in [0.3, 0.4) is 0 Å². The number of halogens is 1. The van der Waals surface area contributed by atoms with E-state index in [2.05, 4.69) is 19.2 Å². The van der Waals surface area contributed by atoms with Crippen molar-refractivity contribution in [3.05, 3.63) is 22.7 Å². The Balaban J connectivity index is 3.10. The molecule has 1 aromatic carbocycles. The summed E-state index contributed by atoms with van der Waals surface area (Å²) in [6.45, 7) is 5.02. The minimum atomic E-state index is 0.192. The second-order valence-electron chi connectivity index (χ2n) is 3.51. The first kappa shape index (κ1) is 13.1. The van der Waals surface area contributed by atoms with Gasteiger partial charge in [-0.05, 0) is 25.1 Å². The molecule has 1 atom stereocenters. The van der Waals surface area contributed by atoms with Crippen molar-refractivity contribution in [3.8, 4) is 11.5 Å². The van der Waals surface area contributed by atoms with E-state index in [0.717, 1.165) is 12.1 Å². The number of ether oxygens (including phenoxy) is 2. The smallest absolute Gasteiger partial charge is 0.162 e. The molecular weight excluding hydrogens is 226 g/mol. The molecule has 0 aliphatic carbocycles. The van der Waals surface area contributed by atoms with E-state index in [1.165, 1.54) is 0 Å². The molecule has 0 aliphatic heterocycles. The monoisotopic (exact) mass is 243 g/mol. The van der Waals surface area contributed by atoms with Crippen LogP contribution in [0.4, 0.5) is 0 Å². The van der Waals surface area contributed by atoms with E-state index in [0.29, 0.717) is 16.5 Å². The second kappa shape index (κ2) is 5.97. The van der Waals surface area contributed by atoms with Gasteiger partial charge in [0.05, 0.1) is 14.2 Å². The van der Waals surface area contributed by atoms with E-state index in [9.17, 15) is 0 Å². The van der Waals surface area contributed by atoms with E-state index >= 15 is 0 Å². The maximum absolute atomic E-state index is 6.19. The molecule has 1 rings (SSSR count). The predicted octanol–water partition coefficient (Wildman–Crippen LogP) is 3.03. The molecule has 0 aromatic heterocycles. The Morgan fingerprint density at radius 1 is 1.25 bits per heavy atom. The largest absolute Gasteiger partial charge is 0.493 e. The SMILES string of the molecule is CCNC(C)c1cc(OC)c(OC)cc1Cl. The summed E-state index contributed by atoms with van der Waals surface area (Å²) in [6, 6.07) is 3.88. The van der Waals surface area contributed by atoms with Gasteiger partial charge in [-0.1, -0.05) is 18.5 Å². The van der Waals surface area contributed by atoms with Crippen LogP contribution in [0, 0.1) is 0 Å². The average Bonchev–Trinajstić information content (AvgIpc) is 2.28. The molecular formula is C12H18ClNO2. The standard InChI is InChI=1S/C12H18ClNO2/c1-5-14-8(2)9-6-11(15-3)12(16-4)7-10(9)13/h6-8,14H,5H2,1-4H3. The third kappa shape index (κ3) is 2.80. The summed E-state index contributed by atoms with van der Waals surface area (Å²) in [4.78, 5) is 0. The third-order valence-electron chi connectivity index (χ3n) is 2.48. The van der Waals surface area contributed by atoms with Crippen molar-refractivity contribution in [3.63, 3.8) is 0 Å². The van der Waals surface area contributed by atoms with Crippen molar-refractivity contribution in [2.75, 3.05) is 20.8 Å². The van der Waals surface area contributed by atoms with Crippen LogP contribution in [-0.2, 0) is 0 Å². The Morgan fingerprint density at radius 3 is 2.31 bits per heavy atom. The van der Waals surface area contributed by atoms with Crippen molar-refractivity contribution >= 4 is 11.6 Å². The van der Waals surface area contributed by atoms with Gasteiger partial charge in [0.1, 0.15) is 0 Å². The van der Waals surface area contributed by atoms with Gasteiger partial charge in [0.25, 0.3) is 0 Å². The van der Waals surface area contributed by atoms with E-state index in [1.807, 2.05) is 6.07 Å². The van der Waals surface area contributed by atoms with Gasteiger partial charge >= 0.3 is 0 Å². The zero-order valence-electron chi connectivity index (χ0n) is 10.1. The minimum Gasteiger partial charge on any atom is -0.493 e. The van der Waals surface area contributed by atoms with Gasteiger partial charge in [-0.25, -0.2) is 0 Å². The fraction of sp³-hybridized carbons (Fsp3) is 0.500. The van der Waals surface area contributed by atoms with Crippen LogP contribution in [-0.4, -0.2) is 20.8 Å². The maximum atomic E-state index is 6.19. The van der Waals surface area contributed by atoms with Crippen molar-refractivity contribution < 1.29 is 9.47 Å². The van der Waals surface area contributed by atoms with Crippen LogP contribution < -0.4 is 14.8 Å². The third-order valence-corrected chi connectivity index (χ3v) is 2.81. The number of benzene rings is 1. The molecule has 0 saturated carbocycles. The molecule has 4 heteroatoms. The number of methoxy groups -OCH3 is 2. The number of nitrogens with one attached hydrogen (secondary N) is 1. The van der Waals surface area contributed by atoms with Gasteiger partial charge < -0.3 is 14.8 Å². The Morgan fingerprint density at radius 2 is 1.81 bits per heavy atom. The summed E-state index contributed by atoms with van der Waals surface area (Å²) in [5.41, 5.74) is 1.01. The molecule has 1 N–H and O–H groups in total. The summed E-state index contributed by atoms with van der Waals surface area (Å²) in [5, 5.41) is 4.00. The summed E-state index contributed by atoms with van der Waals surface area (Å²) >= 11 is 6.19. The highest BCUT2D eigenvalue weighted by atomic mass is 35.5. The van der Waals surface area contributed by atoms with Crippen molar-refractivity contribution in [2.45, 2.75) is 19.9 Å². The van der Waals surface area contributed by atoms with Crippen molar-refractivity contribution in [1.82, 2.24) is 5.32 Å². The molecule has 1 aromatic rings. The highest BCUT2D eigenvalue weighted by molar-refractivity contribution is 6.31. The maximum Gasteiger partial charge on any atom is 0.162 e. The molecule has 0 bridgehead atoms. The molecule has 0 spiro atoms. The number of hydrogen-bond donors (Lipinski definition) is 1. The zero-order valence-corrected chi connectivity index (χ0v) is 10.9. The number of rotatable bonds is 5. The van der Waals surface area contributed by atoms with Crippen LogP contribution in [0.2, 0.25) is 5.02 Å². The molecule has 3 nitrogen and oxygen atoms in total. The van der Waals surface area contributed by atoms with Crippen molar-refractivity contribution in [1.29, 1.82) is 0 Å². The highest BCUT2D eigenvalue weighted by Crippen LogP contribution is 2.35. The minimum absolute atomic E-state index is 0.192. The van der Waals surface area contributed by atoms with E-state index < -0.39 is 0 Å². The molecule has 90 valence electrons. The van der Waals surface area contributed by atoms with Crippen LogP contribution >= 0.6 is 11.6 Å². The zero-order chi connectivity index (χ0) is 12.1. The highest BCUT2D eigenvalue weighted by Gasteiger charge is 2.13. The molecule has 1 unspecified atom stereocenters. The average molecular weight is 244 g/mol. The van der Waals surface area contributed by atoms with Gasteiger partial charge in [-0.3, -0.25) is 0 Å². The topological polar surface area (TPSA) is 30.5 Å². The fourth-order valence-corrected chi connectivity index (χ4v) is 1.94. The molecule has 0 radical (unpaired) electrons. The van der Waals surface area contributed by atoms with Crippen LogP contribution in [0.5, 0.6) is 11.5 Å². The molecule has 0 aliphatic rings. The Labute approximate surface area is 102 Å². The Bertz CT molecular complexity index is 355. The first-order chi connectivity index (χ1) is 7.63. The van der Waals surface area contributed by atoms with Crippen LogP contribution in [0.25, 0.3) is 0 Å². The lowest BCUT2D eigenvalue weighted by Crippen LogP contribution is -2.18. The van der Waals surface area contributed by atoms with Gasteiger partial charge in [0, 0.05) is 17.1 Å². The lowest BCUT2D eigenvalue weighted by atomic mass is 10.1. The first-order valence-electron chi connectivity index (χ1n) is 5.28. The van der Waals surface area contributed by atoms with Crippen molar-refractivity contribution in [2.24, 2.45) is 0 Å². The van der Waals surface area contributed by atoms with Gasteiger partial charge in [-0.15, -0.1) is 0 Å². The summed E-state index contributed by atoms with van der Waals surface area (Å²) < 4.78 is 10.4. The van der Waals surface area contributed by atoms with Gasteiger partial charge in [0.2, 0.25) is 0 Å². The summed E-state index contributed by atoms with van der Waals surface area (Å²) in [5.74, 6) is 1.35. The normalized spacial score (nSPS) is 12.3. The quantitative estimate of drug-likeness (QED) is 0.862. The molecule has 0 fully saturated rings. The Kier molecular flexibility index (Phi) is 4.90. The van der Waals surface area contributed by atoms with Crippen LogP contribution in [0.15, 0.2) is 12.1 Å². The summed E-state index contributed by atoms with van der Waals surface area (Å²) in [6.07, 6.45) is 0. The molecule has 0 amide bonds. The van der Waals surface area contributed by atoms with Crippen LogP contribution in [0.1, 0.15) is 25.5 Å². The first-order valence-corrected chi connectivity index (χ1v) is 5.66. The molecule has 0 heterocycles. The number of hydrogen-bond acceptors (Lipinski definition) is 3. The molecule has 0 saturated heterocycles. The predicted molar refractivity (Wildman–Crippen MR) is 66.6 cm³/mol. The van der Waals surface area contributed by atoms with Gasteiger partial charge in [-0.2, -0.15) is 0 Å². The molecule has 16 heavy (non-hydrogen) atoms. The Hall–Kier alpha value is -0.930. The van der Waals surface area contributed by atoms with E-state index in [1.54, 1.807) is 20.3 Å². The van der Waals surface area contributed by atoms with E-state index in [4.69, 9.17) is 21.1 Å². The fourth-order valence-electron chi connectivity index (χ4n) is 1.62. The summed E-state index contributed by atoms with van der Waals surface area (Å²) in [7, 11) is 3.22.